The second-order valence-electron chi connectivity index (χ2n) is 4.36. The van der Waals surface area contributed by atoms with E-state index in [-0.39, 0.29) is 25.4 Å². The molecule has 4 N–H and O–H groups in total. The second kappa shape index (κ2) is 5.99. The Morgan fingerprint density at radius 2 is 2.35 bits per heavy atom. The summed E-state index contributed by atoms with van der Waals surface area (Å²) in [6, 6.07) is 1.44. The van der Waals surface area contributed by atoms with Gasteiger partial charge >= 0.3 is 11.7 Å². The predicted molar refractivity (Wildman–Crippen MR) is 66.2 cm³/mol. The van der Waals surface area contributed by atoms with Crippen molar-refractivity contribution in [3.05, 3.63) is 22.7 Å². The van der Waals surface area contributed by atoms with Crippen LogP contribution in [0.4, 0.5) is 5.82 Å². The molecule has 0 saturated carbocycles. The highest BCUT2D eigenvalue weighted by Crippen LogP contribution is 2.27. The van der Waals surface area contributed by atoms with Crippen molar-refractivity contribution in [2.24, 2.45) is 0 Å². The summed E-state index contributed by atoms with van der Waals surface area (Å²) in [7, 11) is 0. The maximum atomic E-state index is 11.8. The third-order valence-corrected chi connectivity index (χ3v) is 2.95. The van der Waals surface area contributed by atoms with Gasteiger partial charge in [0.2, 0.25) is 0 Å². The Kier molecular flexibility index (Phi) is 4.32. The Morgan fingerprint density at radius 1 is 1.60 bits per heavy atom. The minimum atomic E-state index is -1.07. The lowest BCUT2D eigenvalue weighted by Gasteiger charge is -2.14. The third kappa shape index (κ3) is 3.13. The topological polar surface area (TPSA) is 134 Å². The van der Waals surface area contributed by atoms with Gasteiger partial charge in [-0.3, -0.25) is 9.36 Å². The minimum absolute atomic E-state index is 0.144. The van der Waals surface area contributed by atoms with Gasteiger partial charge in [-0.1, -0.05) is 0 Å². The number of carbonyl (C=O) groups is 1. The number of aliphatic hydroxyl groups excluding tert-OH is 2. The molecule has 0 radical (unpaired) electrons. The standard InChI is InChI=1S/C11H15N3O6/c15-5-7-6(16)3-9(20-7)14-2-1-8(13-11(14)19)12-4-10(17)18/h1-2,6-7,9,15-16H,3-5H2,(H,17,18)(H,12,13,19)/t6?,7-,9-/m1/s1. The summed E-state index contributed by atoms with van der Waals surface area (Å²) in [6.45, 7) is -0.681. The molecule has 3 atom stereocenters. The van der Waals surface area contributed by atoms with E-state index in [0.717, 1.165) is 0 Å². The van der Waals surface area contributed by atoms with Crippen molar-refractivity contribution >= 4 is 11.8 Å². The summed E-state index contributed by atoms with van der Waals surface area (Å²) < 4.78 is 6.52. The van der Waals surface area contributed by atoms with Crippen LogP contribution in [0, 0.1) is 0 Å². The molecule has 0 bridgehead atoms. The number of nitrogens with zero attached hydrogens (tertiary/aromatic N) is 2. The van der Waals surface area contributed by atoms with E-state index in [0.29, 0.717) is 0 Å². The van der Waals surface area contributed by atoms with E-state index in [1.165, 1.54) is 16.8 Å². The van der Waals surface area contributed by atoms with Gasteiger partial charge in [-0.15, -0.1) is 0 Å². The number of carboxylic acids is 1. The van der Waals surface area contributed by atoms with Gasteiger partial charge in [0.1, 0.15) is 24.7 Å². The molecule has 2 heterocycles. The fraction of sp³-hybridized carbons (Fsp3) is 0.545. The molecule has 0 aromatic carbocycles. The fourth-order valence-corrected chi connectivity index (χ4v) is 1.95. The highest BCUT2D eigenvalue weighted by atomic mass is 16.5. The molecule has 1 fully saturated rings. The minimum Gasteiger partial charge on any atom is -0.480 e. The molecule has 0 spiro atoms. The van der Waals surface area contributed by atoms with E-state index in [1.54, 1.807) is 0 Å². The zero-order valence-electron chi connectivity index (χ0n) is 10.5. The van der Waals surface area contributed by atoms with E-state index in [4.69, 9.17) is 14.9 Å². The van der Waals surface area contributed by atoms with Crippen LogP contribution in [0.15, 0.2) is 17.1 Å². The van der Waals surface area contributed by atoms with Gasteiger partial charge in [0, 0.05) is 12.6 Å². The van der Waals surface area contributed by atoms with Crippen LogP contribution in [0.5, 0.6) is 0 Å². The smallest absolute Gasteiger partial charge is 0.351 e. The first kappa shape index (κ1) is 14.4. The Hall–Kier alpha value is -1.97. The molecule has 110 valence electrons. The molecule has 2 rings (SSSR count). The van der Waals surface area contributed by atoms with Gasteiger partial charge in [0.25, 0.3) is 0 Å². The molecule has 0 amide bonds. The van der Waals surface area contributed by atoms with Crippen LogP contribution in [0.25, 0.3) is 0 Å². The van der Waals surface area contributed by atoms with Gasteiger partial charge < -0.3 is 25.4 Å². The molecule has 1 aliphatic heterocycles. The summed E-state index contributed by atoms with van der Waals surface area (Å²) in [5.41, 5.74) is -0.629. The van der Waals surface area contributed by atoms with E-state index in [1.807, 2.05) is 0 Å². The number of anilines is 1. The summed E-state index contributed by atoms with van der Waals surface area (Å²) >= 11 is 0. The monoisotopic (exact) mass is 285 g/mol. The lowest BCUT2D eigenvalue weighted by atomic mass is 10.2. The summed E-state index contributed by atoms with van der Waals surface area (Å²) in [4.78, 5) is 25.9. The summed E-state index contributed by atoms with van der Waals surface area (Å²) in [5, 5.41) is 29.6. The lowest BCUT2D eigenvalue weighted by Crippen LogP contribution is -2.28. The van der Waals surface area contributed by atoms with Crippen molar-refractivity contribution < 1.29 is 24.9 Å². The number of nitrogens with one attached hydrogen (secondary N) is 1. The Morgan fingerprint density at radius 3 is 2.90 bits per heavy atom. The number of hydrogen-bond acceptors (Lipinski definition) is 7. The first-order valence-corrected chi connectivity index (χ1v) is 6.00. The number of ether oxygens (including phenoxy) is 1. The van der Waals surface area contributed by atoms with Crippen molar-refractivity contribution in [1.29, 1.82) is 0 Å². The van der Waals surface area contributed by atoms with Gasteiger partial charge in [0.05, 0.1) is 12.7 Å². The number of rotatable bonds is 5. The lowest BCUT2D eigenvalue weighted by molar-refractivity contribution is -0.134. The predicted octanol–water partition coefficient (Wildman–Crippen LogP) is -1.62. The molecule has 9 heteroatoms. The van der Waals surface area contributed by atoms with Gasteiger partial charge in [-0.2, -0.15) is 4.98 Å². The van der Waals surface area contributed by atoms with Crippen molar-refractivity contribution in [2.45, 2.75) is 24.9 Å². The van der Waals surface area contributed by atoms with E-state index in [9.17, 15) is 14.7 Å². The van der Waals surface area contributed by atoms with Crippen LogP contribution in [-0.2, 0) is 9.53 Å². The second-order valence-corrected chi connectivity index (χ2v) is 4.36. The first-order chi connectivity index (χ1) is 9.51. The summed E-state index contributed by atoms with van der Waals surface area (Å²) in [5.74, 6) is -0.921. The average molecular weight is 285 g/mol. The average Bonchev–Trinajstić information content (AvgIpc) is 2.77. The molecule has 1 aliphatic rings. The molecule has 1 aromatic rings. The Balaban J connectivity index is 2.10. The van der Waals surface area contributed by atoms with Crippen molar-refractivity contribution in [2.75, 3.05) is 18.5 Å². The van der Waals surface area contributed by atoms with E-state index in [2.05, 4.69) is 10.3 Å². The largest absolute Gasteiger partial charge is 0.480 e. The molecule has 20 heavy (non-hydrogen) atoms. The molecule has 9 nitrogen and oxygen atoms in total. The number of carboxylic acid groups (broad SMARTS) is 1. The number of aliphatic hydroxyl groups is 2. The zero-order valence-corrected chi connectivity index (χ0v) is 10.5. The quantitative estimate of drug-likeness (QED) is 0.507. The first-order valence-electron chi connectivity index (χ1n) is 6.00. The summed E-state index contributed by atoms with van der Waals surface area (Å²) in [6.07, 6.45) is -0.695. The van der Waals surface area contributed by atoms with Crippen LogP contribution in [-0.4, -0.2) is 56.2 Å². The number of aromatic nitrogens is 2. The molecule has 0 aliphatic carbocycles. The molecular formula is C11H15N3O6. The Labute approximate surface area is 113 Å². The molecule has 1 saturated heterocycles. The fourth-order valence-electron chi connectivity index (χ4n) is 1.95. The van der Waals surface area contributed by atoms with Crippen LogP contribution in [0.1, 0.15) is 12.6 Å². The molecule has 1 unspecified atom stereocenters. The highest BCUT2D eigenvalue weighted by molar-refractivity contribution is 5.72. The van der Waals surface area contributed by atoms with Crippen LogP contribution >= 0.6 is 0 Å². The van der Waals surface area contributed by atoms with Crippen molar-refractivity contribution in [1.82, 2.24) is 9.55 Å². The Bertz CT molecular complexity index is 545. The van der Waals surface area contributed by atoms with Gasteiger partial charge in [-0.25, -0.2) is 4.79 Å². The SMILES string of the molecule is O=C(O)CNc1ccn([C@H]2CC(O)[C@@H](CO)O2)c(=O)n1. The maximum absolute atomic E-state index is 11.8. The zero-order chi connectivity index (χ0) is 14.7. The van der Waals surface area contributed by atoms with Gasteiger partial charge in [-0.05, 0) is 6.07 Å². The van der Waals surface area contributed by atoms with E-state index >= 15 is 0 Å². The molecule has 1 aromatic heterocycles. The van der Waals surface area contributed by atoms with Crippen LogP contribution < -0.4 is 11.0 Å². The number of aliphatic carboxylic acids is 1. The van der Waals surface area contributed by atoms with Crippen molar-refractivity contribution in [3.63, 3.8) is 0 Å². The third-order valence-electron chi connectivity index (χ3n) is 2.95. The number of hydrogen-bond donors (Lipinski definition) is 4. The van der Waals surface area contributed by atoms with Crippen molar-refractivity contribution in [3.8, 4) is 0 Å². The van der Waals surface area contributed by atoms with Crippen LogP contribution in [0.3, 0.4) is 0 Å². The molecular weight excluding hydrogens is 270 g/mol. The normalized spacial score (nSPS) is 25.6. The van der Waals surface area contributed by atoms with E-state index < -0.39 is 30.1 Å². The highest BCUT2D eigenvalue weighted by Gasteiger charge is 2.34. The van der Waals surface area contributed by atoms with Crippen LogP contribution in [0.2, 0.25) is 0 Å². The van der Waals surface area contributed by atoms with Gasteiger partial charge in [0.15, 0.2) is 0 Å². The maximum Gasteiger partial charge on any atom is 0.351 e.